The lowest BCUT2D eigenvalue weighted by molar-refractivity contribution is 0.315. The molecule has 18 heavy (non-hydrogen) atoms. The van der Waals surface area contributed by atoms with Crippen LogP contribution < -0.4 is 4.74 Å². The van der Waals surface area contributed by atoms with Gasteiger partial charge in [-0.05, 0) is 54.4 Å². The Kier molecular flexibility index (Phi) is 4.13. The Labute approximate surface area is 127 Å². The van der Waals surface area contributed by atoms with Crippen LogP contribution in [0.5, 0.6) is 5.75 Å². The second kappa shape index (κ2) is 5.16. The number of hydrogen-bond donors (Lipinski definition) is 0. The third-order valence-electron chi connectivity index (χ3n) is 3.87. The molecule has 2 rings (SSSR count). The maximum atomic E-state index is 5.58. The van der Waals surface area contributed by atoms with Crippen LogP contribution >= 0.6 is 31.9 Å². The smallest absolute Gasteiger partial charge is 0.122 e. The second-order valence-corrected chi connectivity index (χ2v) is 7.84. The van der Waals surface area contributed by atoms with Crippen LogP contribution in [0.15, 0.2) is 10.5 Å². The third kappa shape index (κ3) is 2.62. The van der Waals surface area contributed by atoms with E-state index in [1.54, 1.807) is 7.11 Å². The maximum absolute atomic E-state index is 5.58. The topological polar surface area (TPSA) is 9.23 Å². The number of rotatable bonds is 1. The number of halogens is 2. The molecular weight excluding hydrogens is 356 g/mol. The Balaban J connectivity index is 2.60. The number of hydrogen-bond acceptors (Lipinski definition) is 1. The molecule has 1 nitrogen and oxygen atoms in total. The van der Waals surface area contributed by atoms with Gasteiger partial charge < -0.3 is 4.74 Å². The van der Waals surface area contributed by atoms with Crippen LogP contribution in [-0.2, 0) is 6.42 Å². The van der Waals surface area contributed by atoms with E-state index >= 15 is 0 Å². The highest BCUT2D eigenvalue weighted by Gasteiger charge is 2.31. The number of fused-ring (bicyclic) bond motifs is 1. The zero-order chi connectivity index (χ0) is 13.5. The van der Waals surface area contributed by atoms with Crippen LogP contribution in [0.2, 0.25) is 0 Å². The van der Waals surface area contributed by atoms with Gasteiger partial charge in [0.2, 0.25) is 0 Å². The highest BCUT2D eigenvalue weighted by atomic mass is 79.9. The van der Waals surface area contributed by atoms with E-state index in [0.717, 1.165) is 18.6 Å². The summed E-state index contributed by atoms with van der Waals surface area (Å²) >= 11 is 7.63. The van der Waals surface area contributed by atoms with Crippen molar-refractivity contribution in [2.75, 3.05) is 7.11 Å². The van der Waals surface area contributed by atoms with Gasteiger partial charge in [-0.25, -0.2) is 0 Å². The molecule has 1 aromatic rings. The zero-order valence-electron chi connectivity index (χ0n) is 11.4. The third-order valence-corrected chi connectivity index (χ3v) is 5.70. The molecule has 1 aliphatic carbocycles. The molecule has 1 aromatic carbocycles. The summed E-state index contributed by atoms with van der Waals surface area (Å²) in [6.45, 7) is 6.82. The Bertz CT molecular complexity index is 466. The van der Waals surface area contributed by atoms with Crippen molar-refractivity contribution in [2.45, 2.75) is 44.9 Å². The van der Waals surface area contributed by atoms with Gasteiger partial charge >= 0.3 is 0 Å². The largest absolute Gasteiger partial charge is 0.496 e. The zero-order valence-corrected chi connectivity index (χ0v) is 14.6. The minimum absolute atomic E-state index is 0.367. The lowest BCUT2D eigenvalue weighted by Crippen LogP contribution is -2.11. The summed E-state index contributed by atoms with van der Waals surface area (Å²) in [7, 11) is 1.77. The highest BCUT2D eigenvalue weighted by molar-refractivity contribution is 9.11. The van der Waals surface area contributed by atoms with Crippen molar-refractivity contribution in [3.8, 4) is 5.75 Å². The van der Waals surface area contributed by atoms with Gasteiger partial charge in [-0.1, -0.05) is 45.7 Å². The first-order valence-electron chi connectivity index (χ1n) is 6.35. The van der Waals surface area contributed by atoms with Crippen molar-refractivity contribution in [2.24, 2.45) is 5.41 Å². The van der Waals surface area contributed by atoms with Crippen molar-refractivity contribution in [3.63, 3.8) is 0 Å². The molecular formula is C15H20Br2O. The molecule has 0 aromatic heterocycles. The molecule has 1 unspecified atom stereocenters. The molecule has 0 saturated heterocycles. The molecule has 0 radical (unpaired) electrons. The van der Waals surface area contributed by atoms with Crippen LogP contribution in [0.1, 0.15) is 48.2 Å². The molecule has 0 fully saturated rings. The van der Waals surface area contributed by atoms with E-state index in [-0.39, 0.29) is 0 Å². The standard InChI is InChI=1S/C15H20Br2O/c1-9-7-12(18-4)10-5-6-15(2,3)8-11(16)13(10)14(9)17/h7,11H,5-6,8H2,1-4H3. The lowest BCUT2D eigenvalue weighted by Gasteiger charge is -2.24. The summed E-state index contributed by atoms with van der Waals surface area (Å²) in [4.78, 5) is 0.396. The van der Waals surface area contributed by atoms with E-state index in [4.69, 9.17) is 4.74 Å². The number of benzene rings is 1. The normalized spacial score (nSPS) is 22.2. The SMILES string of the molecule is COc1cc(C)c(Br)c2c1CCC(C)(C)CC2Br. The average Bonchev–Trinajstić information content (AvgIpc) is 2.40. The number of aryl methyl sites for hydroxylation is 1. The molecule has 0 bridgehead atoms. The van der Waals surface area contributed by atoms with Crippen LogP contribution in [0.25, 0.3) is 0 Å². The molecule has 0 amide bonds. The van der Waals surface area contributed by atoms with Gasteiger partial charge in [0.05, 0.1) is 7.11 Å². The summed E-state index contributed by atoms with van der Waals surface area (Å²) in [6, 6.07) is 2.14. The molecule has 3 heteroatoms. The van der Waals surface area contributed by atoms with Crippen molar-refractivity contribution >= 4 is 31.9 Å². The maximum Gasteiger partial charge on any atom is 0.122 e. The molecule has 0 spiro atoms. The molecule has 0 N–H and O–H groups in total. The van der Waals surface area contributed by atoms with E-state index in [1.165, 1.54) is 27.6 Å². The first kappa shape index (κ1) is 14.4. The Morgan fingerprint density at radius 3 is 2.67 bits per heavy atom. The van der Waals surface area contributed by atoms with Crippen LogP contribution in [0, 0.1) is 12.3 Å². The molecule has 0 saturated carbocycles. The van der Waals surface area contributed by atoms with Gasteiger partial charge in [-0.2, -0.15) is 0 Å². The van der Waals surface area contributed by atoms with Crippen molar-refractivity contribution in [3.05, 3.63) is 27.2 Å². The fraction of sp³-hybridized carbons (Fsp3) is 0.600. The minimum Gasteiger partial charge on any atom is -0.496 e. The second-order valence-electron chi connectivity index (χ2n) is 5.94. The predicted molar refractivity (Wildman–Crippen MR) is 83.8 cm³/mol. The van der Waals surface area contributed by atoms with Crippen LogP contribution in [-0.4, -0.2) is 7.11 Å². The molecule has 0 aliphatic heterocycles. The van der Waals surface area contributed by atoms with Gasteiger partial charge in [-0.15, -0.1) is 0 Å². The van der Waals surface area contributed by atoms with Crippen molar-refractivity contribution < 1.29 is 4.74 Å². The summed E-state index contributed by atoms with van der Waals surface area (Å²) < 4.78 is 6.81. The summed E-state index contributed by atoms with van der Waals surface area (Å²) in [5.41, 5.74) is 4.36. The van der Waals surface area contributed by atoms with E-state index in [0.29, 0.717) is 10.2 Å². The highest BCUT2D eigenvalue weighted by Crippen LogP contribution is 2.49. The van der Waals surface area contributed by atoms with Crippen LogP contribution in [0.4, 0.5) is 0 Å². The van der Waals surface area contributed by atoms with E-state index in [9.17, 15) is 0 Å². The van der Waals surface area contributed by atoms with Gasteiger partial charge in [0.25, 0.3) is 0 Å². The monoisotopic (exact) mass is 374 g/mol. The number of methoxy groups -OCH3 is 1. The summed E-state index contributed by atoms with van der Waals surface area (Å²) in [5, 5.41) is 0. The Morgan fingerprint density at radius 1 is 1.39 bits per heavy atom. The van der Waals surface area contributed by atoms with Gasteiger partial charge in [0.15, 0.2) is 0 Å². The molecule has 1 atom stereocenters. The van der Waals surface area contributed by atoms with Crippen LogP contribution in [0.3, 0.4) is 0 Å². The van der Waals surface area contributed by atoms with E-state index in [2.05, 4.69) is 58.7 Å². The van der Waals surface area contributed by atoms with E-state index < -0.39 is 0 Å². The molecule has 1 aliphatic rings. The lowest BCUT2D eigenvalue weighted by atomic mass is 9.84. The summed E-state index contributed by atoms with van der Waals surface area (Å²) in [5.74, 6) is 1.04. The minimum atomic E-state index is 0.367. The number of ether oxygens (including phenoxy) is 1. The fourth-order valence-corrected chi connectivity index (χ4v) is 5.06. The fourth-order valence-electron chi connectivity index (χ4n) is 2.74. The van der Waals surface area contributed by atoms with E-state index in [1.807, 2.05) is 0 Å². The first-order chi connectivity index (χ1) is 8.35. The number of alkyl halides is 1. The van der Waals surface area contributed by atoms with Gasteiger partial charge in [0.1, 0.15) is 5.75 Å². The average molecular weight is 376 g/mol. The van der Waals surface area contributed by atoms with Crippen molar-refractivity contribution in [1.29, 1.82) is 0 Å². The predicted octanol–water partition coefficient (Wildman–Crippen LogP) is 5.56. The molecule has 100 valence electrons. The van der Waals surface area contributed by atoms with Gasteiger partial charge in [0, 0.05) is 9.30 Å². The Hall–Kier alpha value is -0.0200. The van der Waals surface area contributed by atoms with Gasteiger partial charge in [-0.3, -0.25) is 0 Å². The van der Waals surface area contributed by atoms with Crippen molar-refractivity contribution in [1.82, 2.24) is 0 Å². The first-order valence-corrected chi connectivity index (χ1v) is 8.06. The quantitative estimate of drug-likeness (QED) is 0.460. The Morgan fingerprint density at radius 2 is 2.06 bits per heavy atom. The molecule has 0 heterocycles. The summed E-state index contributed by atoms with van der Waals surface area (Å²) in [6.07, 6.45) is 3.45.